The van der Waals surface area contributed by atoms with E-state index >= 15 is 0 Å². The predicted molar refractivity (Wildman–Crippen MR) is 112 cm³/mol. The molecule has 0 radical (unpaired) electrons. The summed E-state index contributed by atoms with van der Waals surface area (Å²) in [5.41, 5.74) is 3.31. The zero-order valence-electron chi connectivity index (χ0n) is 16.1. The Hall–Kier alpha value is -1.47. The number of nitrogens with zero attached hydrogens (tertiary/aromatic N) is 2. The molecule has 152 valence electrons. The van der Waals surface area contributed by atoms with Crippen molar-refractivity contribution in [2.45, 2.75) is 38.8 Å². The normalized spacial score (nSPS) is 19.2. The summed E-state index contributed by atoms with van der Waals surface area (Å²) < 4.78 is 18.1. The molecule has 8 heteroatoms. The highest BCUT2D eigenvalue weighted by Crippen LogP contribution is 2.32. The molecular weight excluding hydrogens is 402 g/mol. The van der Waals surface area contributed by atoms with Crippen LogP contribution in [0.15, 0.2) is 18.2 Å². The van der Waals surface area contributed by atoms with Gasteiger partial charge >= 0.3 is 0 Å². The van der Waals surface area contributed by atoms with Crippen LogP contribution in [-0.2, 0) is 17.6 Å². The van der Waals surface area contributed by atoms with Gasteiger partial charge in [0.2, 0.25) is 0 Å². The van der Waals surface area contributed by atoms with Crippen LogP contribution in [0.3, 0.4) is 0 Å². The van der Waals surface area contributed by atoms with Crippen LogP contribution in [0.1, 0.15) is 25.2 Å². The quantitative estimate of drug-likeness (QED) is 0.658. The van der Waals surface area contributed by atoms with E-state index in [0.717, 1.165) is 35.0 Å². The van der Waals surface area contributed by atoms with Gasteiger partial charge in [-0.1, -0.05) is 37.0 Å². The van der Waals surface area contributed by atoms with Gasteiger partial charge in [0.05, 0.1) is 40.9 Å². The Labute approximate surface area is 175 Å². The van der Waals surface area contributed by atoms with Crippen molar-refractivity contribution in [1.82, 2.24) is 15.3 Å². The fourth-order valence-electron chi connectivity index (χ4n) is 3.36. The first kappa shape index (κ1) is 21.2. The van der Waals surface area contributed by atoms with Gasteiger partial charge in [0.25, 0.3) is 0 Å². The molecular formula is C20H25Cl2FN4O. The first-order valence-electron chi connectivity index (χ1n) is 9.57. The monoisotopic (exact) mass is 426 g/mol. The molecule has 5 nitrogen and oxygen atoms in total. The van der Waals surface area contributed by atoms with Crippen LogP contribution in [0.2, 0.25) is 10.0 Å². The molecule has 1 aliphatic rings. The SMILES string of the molecule is CCc1nc(-c2ccc(Cl)cc2Cl)c(CC)nc1NC1CNCC1OCCF. The molecule has 1 fully saturated rings. The summed E-state index contributed by atoms with van der Waals surface area (Å²) in [6.07, 6.45) is 1.33. The van der Waals surface area contributed by atoms with E-state index in [1.165, 1.54) is 0 Å². The molecule has 0 amide bonds. The lowest BCUT2D eigenvalue weighted by Crippen LogP contribution is -2.35. The fraction of sp³-hybridized carbons (Fsp3) is 0.500. The van der Waals surface area contributed by atoms with Crippen molar-refractivity contribution in [3.63, 3.8) is 0 Å². The lowest BCUT2D eigenvalue weighted by molar-refractivity contribution is 0.0515. The molecule has 1 aliphatic heterocycles. The summed E-state index contributed by atoms with van der Waals surface area (Å²) in [6.45, 7) is 5.11. The van der Waals surface area contributed by atoms with Crippen molar-refractivity contribution in [3.05, 3.63) is 39.6 Å². The largest absolute Gasteiger partial charge is 0.372 e. The van der Waals surface area contributed by atoms with E-state index in [2.05, 4.69) is 10.6 Å². The molecule has 0 saturated carbocycles. The highest BCUT2D eigenvalue weighted by atomic mass is 35.5. The highest BCUT2D eigenvalue weighted by molar-refractivity contribution is 6.36. The Morgan fingerprint density at radius 2 is 1.96 bits per heavy atom. The minimum Gasteiger partial charge on any atom is -0.372 e. The zero-order chi connectivity index (χ0) is 20.1. The van der Waals surface area contributed by atoms with Crippen LogP contribution in [0.4, 0.5) is 10.2 Å². The van der Waals surface area contributed by atoms with Gasteiger partial charge in [-0.3, -0.25) is 0 Å². The molecule has 1 aromatic heterocycles. The van der Waals surface area contributed by atoms with Crippen LogP contribution < -0.4 is 10.6 Å². The van der Waals surface area contributed by atoms with E-state index < -0.39 is 6.67 Å². The Morgan fingerprint density at radius 3 is 2.64 bits per heavy atom. The van der Waals surface area contributed by atoms with Crippen molar-refractivity contribution in [2.24, 2.45) is 0 Å². The molecule has 2 N–H and O–H groups in total. The molecule has 1 aromatic carbocycles. The van der Waals surface area contributed by atoms with Gasteiger partial charge in [-0.15, -0.1) is 0 Å². The van der Waals surface area contributed by atoms with Gasteiger partial charge in [0, 0.05) is 23.7 Å². The summed E-state index contributed by atoms with van der Waals surface area (Å²) in [6, 6.07) is 5.41. The number of ether oxygens (including phenoxy) is 1. The number of hydrogen-bond acceptors (Lipinski definition) is 5. The maximum absolute atomic E-state index is 12.5. The number of aryl methyl sites for hydroxylation is 2. The third-order valence-corrected chi connectivity index (χ3v) is 5.33. The number of anilines is 1. The van der Waals surface area contributed by atoms with Crippen molar-refractivity contribution < 1.29 is 9.13 Å². The molecule has 0 bridgehead atoms. The topological polar surface area (TPSA) is 59.1 Å². The van der Waals surface area contributed by atoms with Gasteiger partial charge in [0.15, 0.2) is 0 Å². The standard InChI is InChI=1S/C20H25Cl2FN4O/c1-3-15-19(13-6-5-12(21)9-14(13)22)25-16(4-2)20(26-15)27-17-10-24-11-18(17)28-8-7-23/h5-6,9,17-18,24H,3-4,7-8,10-11H2,1-2H3,(H,26,27). The summed E-state index contributed by atoms with van der Waals surface area (Å²) in [5.74, 6) is 0.746. The predicted octanol–water partition coefficient (Wildman–Crippen LogP) is 4.31. The zero-order valence-corrected chi connectivity index (χ0v) is 17.6. The summed E-state index contributed by atoms with van der Waals surface area (Å²) in [4.78, 5) is 9.74. The second kappa shape index (κ2) is 9.83. The van der Waals surface area contributed by atoms with Gasteiger partial charge in [-0.25, -0.2) is 14.4 Å². The van der Waals surface area contributed by atoms with Crippen LogP contribution in [0.25, 0.3) is 11.3 Å². The molecule has 0 aliphatic carbocycles. The Balaban J connectivity index is 1.93. The van der Waals surface area contributed by atoms with E-state index in [4.69, 9.17) is 37.9 Å². The highest BCUT2D eigenvalue weighted by Gasteiger charge is 2.29. The third-order valence-electron chi connectivity index (χ3n) is 4.79. The average Bonchev–Trinajstić information content (AvgIpc) is 3.13. The second-order valence-corrected chi connectivity index (χ2v) is 7.50. The first-order chi connectivity index (χ1) is 13.6. The van der Waals surface area contributed by atoms with Crippen molar-refractivity contribution >= 4 is 29.0 Å². The molecule has 2 aromatic rings. The number of alkyl halides is 1. The third kappa shape index (κ3) is 4.74. The maximum Gasteiger partial charge on any atom is 0.148 e. The number of benzene rings is 1. The minimum absolute atomic E-state index is 0.0147. The van der Waals surface area contributed by atoms with Crippen molar-refractivity contribution in [3.8, 4) is 11.3 Å². The molecule has 3 rings (SSSR count). The number of aromatic nitrogens is 2. The Bertz CT molecular complexity index is 821. The Morgan fingerprint density at radius 1 is 1.18 bits per heavy atom. The summed E-state index contributed by atoms with van der Waals surface area (Å²) >= 11 is 12.4. The van der Waals surface area contributed by atoms with Crippen LogP contribution >= 0.6 is 23.2 Å². The van der Waals surface area contributed by atoms with E-state index in [-0.39, 0.29) is 18.8 Å². The molecule has 2 atom stereocenters. The lowest BCUT2D eigenvalue weighted by atomic mass is 10.1. The van der Waals surface area contributed by atoms with Crippen LogP contribution in [0, 0.1) is 0 Å². The summed E-state index contributed by atoms with van der Waals surface area (Å²) in [5, 5.41) is 7.88. The minimum atomic E-state index is -0.486. The lowest BCUT2D eigenvalue weighted by Gasteiger charge is -2.22. The van der Waals surface area contributed by atoms with E-state index in [9.17, 15) is 4.39 Å². The molecule has 0 spiro atoms. The van der Waals surface area contributed by atoms with Crippen molar-refractivity contribution in [1.29, 1.82) is 0 Å². The van der Waals surface area contributed by atoms with Gasteiger partial charge in [-0.05, 0) is 31.0 Å². The molecule has 2 heterocycles. The first-order valence-corrected chi connectivity index (χ1v) is 10.3. The number of halogens is 3. The average molecular weight is 427 g/mol. The van der Waals surface area contributed by atoms with Gasteiger partial charge in [0.1, 0.15) is 12.5 Å². The second-order valence-electron chi connectivity index (χ2n) is 6.65. The molecule has 2 unspecified atom stereocenters. The Kier molecular flexibility index (Phi) is 7.46. The summed E-state index contributed by atoms with van der Waals surface area (Å²) in [7, 11) is 0. The molecule has 28 heavy (non-hydrogen) atoms. The van der Waals surface area contributed by atoms with E-state index in [0.29, 0.717) is 29.4 Å². The fourth-order valence-corrected chi connectivity index (χ4v) is 3.85. The van der Waals surface area contributed by atoms with Crippen LogP contribution in [-0.4, -0.2) is 48.5 Å². The number of nitrogens with one attached hydrogen (secondary N) is 2. The van der Waals surface area contributed by atoms with Crippen LogP contribution in [0.5, 0.6) is 0 Å². The van der Waals surface area contributed by atoms with E-state index in [1.54, 1.807) is 12.1 Å². The molecule has 1 saturated heterocycles. The number of rotatable bonds is 8. The van der Waals surface area contributed by atoms with Gasteiger partial charge in [-0.2, -0.15) is 0 Å². The smallest absolute Gasteiger partial charge is 0.148 e. The van der Waals surface area contributed by atoms with Crippen molar-refractivity contribution in [2.75, 3.05) is 31.7 Å². The maximum atomic E-state index is 12.5. The van der Waals surface area contributed by atoms with E-state index in [1.807, 2.05) is 19.9 Å². The van der Waals surface area contributed by atoms with Gasteiger partial charge < -0.3 is 15.4 Å². The number of hydrogen-bond donors (Lipinski definition) is 2.